The highest BCUT2D eigenvalue weighted by Gasteiger charge is 2.04. The van der Waals surface area contributed by atoms with E-state index in [1.165, 1.54) is 0 Å². The molecule has 0 aromatic carbocycles. The Morgan fingerprint density at radius 2 is 2.45 bits per heavy atom. The maximum atomic E-state index is 5.43. The Morgan fingerprint density at radius 1 is 1.82 bits per heavy atom. The molecule has 60 valence electrons. The van der Waals surface area contributed by atoms with E-state index in [2.05, 4.69) is 11.7 Å². The molecule has 0 atom stereocenters. The third-order valence-corrected chi connectivity index (χ3v) is 1.59. The van der Waals surface area contributed by atoms with Crippen LogP contribution in [0.1, 0.15) is 11.3 Å². The summed E-state index contributed by atoms with van der Waals surface area (Å²) in [6, 6.07) is 0. The van der Waals surface area contributed by atoms with Crippen molar-refractivity contribution in [2.75, 3.05) is 6.54 Å². The van der Waals surface area contributed by atoms with E-state index in [0.29, 0.717) is 6.54 Å². The van der Waals surface area contributed by atoms with Gasteiger partial charge in [-0.1, -0.05) is 6.58 Å². The van der Waals surface area contributed by atoms with Crippen LogP contribution < -0.4 is 5.73 Å². The third kappa shape index (κ3) is 1.49. The zero-order valence-corrected chi connectivity index (χ0v) is 6.96. The van der Waals surface area contributed by atoms with Crippen molar-refractivity contribution in [2.24, 2.45) is 12.8 Å². The molecule has 0 amide bonds. The van der Waals surface area contributed by atoms with Crippen molar-refractivity contribution in [3.05, 3.63) is 24.0 Å². The molecule has 0 fully saturated rings. The van der Waals surface area contributed by atoms with Gasteiger partial charge in [-0.3, -0.25) is 4.68 Å². The van der Waals surface area contributed by atoms with E-state index in [0.717, 1.165) is 16.8 Å². The molecule has 0 aliphatic heterocycles. The molecule has 0 spiro atoms. The van der Waals surface area contributed by atoms with Crippen molar-refractivity contribution >= 4 is 5.57 Å². The molecule has 1 aromatic rings. The topological polar surface area (TPSA) is 43.8 Å². The molecule has 0 radical (unpaired) electrons. The minimum atomic E-state index is 0.470. The number of hydrogen-bond donors (Lipinski definition) is 1. The predicted octanol–water partition coefficient (Wildman–Crippen LogP) is 0.700. The standard InChI is InChI=1S/C8H13N3/c1-6(4-9)8-7(2)5-11(3)10-8/h5H,1,4,9H2,2-3H3. The van der Waals surface area contributed by atoms with Crippen molar-refractivity contribution in [2.45, 2.75) is 6.92 Å². The summed E-state index contributed by atoms with van der Waals surface area (Å²) in [7, 11) is 1.89. The van der Waals surface area contributed by atoms with Gasteiger partial charge in [0.2, 0.25) is 0 Å². The first kappa shape index (κ1) is 8.01. The third-order valence-electron chi connectivity index (χ3n) is 1.59. The summed E-state index contributed by atoms with van der Waals surface area (Å²) in [6.45, 7) is 6.29. The van der Waals surface area contributed by atoms with E-state index >= 15 is 0 Å². The fraction of sp³-hybridized carbons (Fsp3) is 0.375. The van der Waals surface area contributed by atoms with E-state index in [1.807, 2.05) is 20.2 Å². The number of hydrogen-bond acceptors (Lipinski definition) is 2. The number of rotatable bonds is 2. The molecule has 1 heterocycles. The molecule has 0 aliphatic carbocycles. The first-order chi connectivity index (χ1) is 5.15. The van der Waals surface area contributed by atoms with Gasteiger partial charge in [0.1, 0.15) is 0 Å². The van der Waals surface area contributed by atoms with Crippen LogP contribution in [0.15, 0.2) is 12.8 Å². The molecule has 0 aliphatic rings. The Hall–Kier alpha value is -1.09. The molecule has 3 heteroatoms. The fourth-order valence-electron chi connectivity index (χ4n) is 1.05. The maximum absolute atomic E-state index is 5.43. The second-order valence-corrected chi connectivity index (χ2v) is 2.64. The summed E-state index contributed by atoms with van der Waals surface area (Å²) in [4.78, 5) is 0. The van der Waals surface area contributed by atoms with Gasteiger partial charge in [-0.2, -0.15) is 5.10 Å². The minimum Gasteiger partial charge on any atom is -0.326 e. The zero-order valence-electron chi connectivity index (χ0n) is 6.96. The van der Waals surface area contributed by atoms with Gasteiger partial charge in [0, 0.05) is 19.8 Å². The van der Waals surface area contributed by atoms with Crippen LogP contribution in [-0.2, 0) is 7.05 Å². The van der Waals surface area contributed by atoms with Crippen LogP contribution in [0.3, 0.4) is 0 Å². The monoisotopic (exact) mass is 151 g/mol. The molecule has 0 unspecified atom stereocenters. The Balaban J connectivity index is 3.03. The van der Waals surface area contributed by atoms with Crippen molar-refractivity contribution in [1.29, 1.82) is 0 Å². The van der Waals surface area contributed by atoms with Crippen molar-refractivity contribution in [3.8, 4) is 0 Å². The normalized spacial score (nSPS) is 10.1. The van der Waals surface area contributed by atoms with Gasteiger partial charge in [0.05, 0.1) is 5.69 Å². The molecule has 3 nitrogen and oxygen atoms in total. The minimum absolute atomic E-state index is 0.470. The quantitative estimate of drug-likeness (QED) is 0.676. The summed E-state index contributed by atoms with van der Waals surface area (Å²) in [5.41, 5.74) is 8.38. The van der Waals surface area contributed by atoms with Gasteiger partial charge in [-0.05, 0) is 18.1 Å². The maximum Gasteiger partial charge on any atom is 0.0918 e. The Labute approximate surface area is 66.5 Å². The van der Waals surface area contributed by atoms with Crippen LogP contribution in [0.25, 0.3) is 5.57 Å². The Bertz CT molecular complexity index is 273. The van der Waals surface area contributed by atoms with Gasteiger partial charge in [-0.25, -0.2) is 0 Å². The molecule has 1 rings (SSSR count). The van der Waals surface area contributed by atoms with Gasteiger partial charge in [0.25, 0.3) is 0 Å². The molecule has 0 saturated heterocycles. The zero-order chi connectivity index (χ0) is 8.43. The molecule has 0 saturated carbocycles. The summed E-state index contributed by atoms with van der Waals surface area (Å²) < 4.78 is 1.77. The van der Waals surface area contributed by atoms with E-state index in [4.69, 9.17) is 5.73 Å². The van der Waals surface area contributed by atoms with Gasteiger partial charge in [-0.15, -0.1) is 0 Å². The second kappa shape index (κ2) is 2.88. The van der Waals surface area contributed by atoms with E-state index < -0.39 is 0 Å². The Kier molecular flexibility index (Phi) is 2.10. The van der Waals surface area contributed by atoms with Crippen LogP contribution in [0.4, 0.5) is 0 Å². The van der Waals surface area contributed by atoms with Crippen LogP contribution in [0.2, 0.25) is 0 Å². The highest BCUT2D eigenvalue weighted by Crippen LogP contribution is 2.12. The summed E-state index contributed by atoms with van der Waals surface area (Å²) >= 11 is 0. The molecular formula is C8H13N3. The average molecular weight is 151 g/mol. The number of aryl methyl sites for hydroxylation is 2. The van der Waals surface area contributed by atoms with E-state index in [-0.39, 0.29) is 0 Å². The fourth-order valence-corrected chi connectivity index (χ4v) is 1.05. The van der Waals surface area contributed by atoms with Crippen LogP contribution in [-0.4, -0.2) is 16.3 Å². The average Bonchev–Trinajstić information content (AvgIpc) is 2.28. The lowest BCUT2D eigenvalue weighted by Gasteiger charge is -1.96. The van der Waals surface area contributed by atoms with Gasteiger partial charge in [0.15, 0.2) is 0 Å². The SMILES string of the molecule is C=C(CN)c1nn(C)cc1C. The first-order valence-electron chi connectivity index (χ1n) is 3.53. The molecule has 2 N–H and O–H groups in total. The lowest BCUT2D eigenvalue weighted by Crippen LogP contribution is -2.02. The molecular weight excluding hydrogens is 138 g/mol. The van der Waals surface area contributed by atoms with E-state index in [1.54, 1.807) is 4.68 Å². The summed E-state index contributed by atoms with van der Waals surface area (Å²) in [6.07, 6.45) is 1.95. The summed E-state index contributed by atoms with van der Waals surface area (Å²) in [5.74, 6) is 0. The number of nitrogens with two attached hydrogens (primary N) is 1. The van der Waals surface area contributed by atoms with Crippen LogP contribution in [0.5, 0.6) is 0 Å². The van der Waals surface area contributed by atoms with Gasteiger partial charge < -0.3 is 5.73 Å². The van der Waals surface area contributed by atoms with E-state index in [9.17, 15) is 0 Å². The Morgan fingerprint density at radius 3 is 2.82 bits per heavy atom. The van der Waals surface area contributed by atoms with Crippen LogP contribution >= 0.6 is 0 Å². The smallest absolute Gasteiger partial charge is 0.0918 e. The molecule has 0 bridgehead atoms. The number of nitrogens with zero attached hydrogens (tertiary/aromatic N) is 2. The summed E-state index contributed by atoms with van der Waals surface area (Å²) in [5, 5.41) is 4.22. The van der Waals surface area contributed by atoms with Crippen molar-refractivity contribution < 1.29 is 0 Å². The largest absolute Gasteiger partial charge is 0.326 e. The predicted molar refractivity (Wildman–Crippen MR) is 46.0 cm³/mol. The lowest BCUT2D eigenvalue weighted by atomic mass is 10.1. The second-order valence-electron chi connectivity index (χ2n) is 2.64. The van der Waals surface area contributed by atoms with Crippen LogP contribution in [0, 0.1) is 6.92 Å². The van der Waals surface area contributed by atoms with Crippen molar-refractivity contribution in [1.82, 2.24) is 9.78 Å². The highest BCUT2D eigenvalue weighted by atomic mass is 15.2. The van der Waals surface area contributed by atoms with Crippen molar-refractivity contribution in [3.63, 3.8) is 0 Å². The lowest BCUT2D eigenvalue weighted by molar-refractivity contribution is 0.762. The highest BCUT2D eigenvalue weighted by molar-refractivity contribution is 5.63. The number of aromatic nitrogens is 2. The molecule has 11 heavy (non-hydrogen) atoms. The molecule has 1 aromatic heterocycles. The van der Waals surface area contributed by atoms with Gasteiger partial charge >= 0.3 is 0 Å². The first-order valence-corrected chi connectivity index (χ1v) is 3.53.